The van der Waals surface area contributed by atoms with Crippen molar-refractivity contribution in [2.75, 3.05) is 37.6 Å². The number of alkyl halides is 1. The first kappa shape index (κ1) is 19.3. The molecule has 0 radical (unpaired) electrons. The first-order valence-corrected chi connectivity index (χ1v) is 9.92. The third-order valence-corrected chi connectivity index (χ3v) is 5.92. The molecule has 28 heavy (non-hydrogen) atoms. The summed E-state index contributed by atoms with van der Waals surface area (Å²) in [6.45, 7) is 2.73. The van der Waals surface area contributed by atoms with Crippen LogP contribution in [0.3, 0.4) is 0 Å². The van der Waals surface area contributed by atoms with E-state index in [1.807, 2.05) is 11.1 Å². The van der Waals surface area contributed by atoms with E-state index in [1.54, 1.807) is 10.9 Å². The number of benzene rings is 1. The van der Waals surface area contributed by atoms with Crippen molar-refractivity contribution in [1.29, 1.82) is 0 Å². The summed E-state index contributed by atoms with van der Waals surface area (Å²) in [5, 5.41) is 15.0. The second-order valence-corrected chi connectivity index (χ2v) is 8.42. The second-order valence-electron chi connectivity index (χ2n) is 7.51. The van der Waals surface area contributed by atoms with Crippen molar-refractivity contribution in [3.05, 3.63) is 51.0 Å². The third kappa shape index (κ3) is 3.88. The highest BCUT2D eigenvalue weighted by atomic mass is 79.9. The average Bonchev–Trinajstić information content (AvgIpc) is 3.06. The van der Waals surface area contributed by atoms with E-state index in [0.29, 0.717) is 51.3 Å². The largest absolute Gasteiger partial charge is 0.367 e. The summed E-state index contributed by atoms with van der Waals surface area (Å²) >= 11 is 3.35. The van der Waals surface area contributed by atoms with Gasteiger partial charge in [-0.3, -0.25) is 19.7 Å². The number of rotatable bonds is 5. The highest BCUT2D eigenvalue weighted by Gasteiger charge is 2.47. The van der Waals surface area contributed by atoms with Gasteiger partial charge in [0.25, 0.3) is 5.69 Å². The molecular weight excluding hydrogens is 436 g/mol. The molecule has 1 aliphatic heterocycles. The van der Waals surface area contributed by atoms with Gasteiger partial charge in [0.1, 0.15) is 5.67 Å². The van der Waals surface area contributed by atoms with Crippen LogP contribution in [0, 0.1) is 15.9 Å². The van der Waals surface area contributed by atoms with Crippen LogP contribution in [0.15, 0.2) is 35.1 Å². The van der Waals surface area contributed by atoms with Crippen molar-refractivity contribution in [3.63, 3.8) is 0 Å². The van der Waals surface area contributed by atoms with E-state index in [1.165, 1.54) is 12.1 Å². The van der Waals surface area contributed by atoms with E-state index < -0.39 is 16.4 Å². The predicted molar refractivity (Wildman–Crippen MR) is 104 cm³/mol. The Hall–Kier alpha value is -2.07. The number of nitrogens with zero attached hydrogens (tertiary/aromatic N) is 5. The van der Waals surface area contributed by atoms with Crippen LogP contribution < -0.4 is 4.90 Å². The molecule has 0 spiro atoms. The van der Waals surface area contributed by atoms with Gasteiger partial charge in [0.2, 0.25) is 0 Å². The Morgan fingerprint density at radius 3 is 2.57 bits per heavy atom. The molecule has 1 aromatic heterocycles. The van der Waals surface area contributed by atoms with Crippen LogP contribution in [0.5, 0.6) is 0 Å². The zero-order valence-electron chi connectivity index (χ0n) is 15.1. The Labute approximate surface area is 169 Å². The molecule has 1 saturated carbocycles. The van der Waals surface area contributed by atoms with Gasteiger partial charge in [-0.1, -0.05) is 0 Å². The summed E-state index contributed by atoms with van der Waals surface area (Å²) in [4.78, 5) is 14.0. The van der Waals surface area contributed by atoms with Crippen molar-refractivity contribution in [1.82, 2.24) is 14.7 Å². The Balaban J connectivity index is 1.30. The monoisotopic (exact) mass is 455 g/mol. The quantitative estimate of drug-likeness (QED) is 0.509. The van der Waals surface area contributed by atoms with E-state index in [2.05, 4.69) is 25.9 Å². The number of aromatic nitrogens is 2. The standard InChI is InChI=1S/C18H20BrF2N5O2/c19-13-10-22-25(11-13)15-8-18(21,9-15)12-23-3-5-24(6-4-23)17-2-1-14(26(27)28)7-16(17)20/h1-2,7,10-11,15H,3-6,8-9,12H2. The van der Waals surface area contributed by atoms with Gasteiger partial charge in [-0.2, -0.15) is 5.10 Å². The van der Waals surface area contributed by atoms with Gasteiger partial charge >= 0.3 is 0 Å². The molecule has 0 amide bonds. The van der Waals surface area contributed by atoms with Crippen LogP contribution in [0.1, 0.15) is 18.9 Å². The number of hydrogen-bond acceptors (Lipinski definition) is 5. The van der Waals surface area contributed by atoms with Crippen molar-refractivity contribution in [2.24, 2.45) is 0 Å². The molecule has 150 valence electrons. The normalized spacial score (nSPS) is 25.5. The van der Waals surface area contributed by atoms with Crippen LogP contribution in [0.25, 0.3) is 0 Å². The fraction of sp³-hybridized carbons (Fsp3) is 0.500. The lowest BCUT2D eigenvalue weighted by Crippen LogP contribution is -2.54. The van der Waals surface area contributed by atoms with Gasteiger partial charge in [-0.15, -0.1) is 0 Å². The molecule has 1 saturated heterocycles. The Bertz CT molecular complexity index is 879. The maximum absolute atomic E-state index is 15.0. The molecule has 10 heteroatoms. The highest BCUT2D eigenvalue weighted by Crippen LogP contribution is 2.45. The summed E-state index contributed by atoms with van der Waals surface area (Å²) in [5.41, 5.74) is -1.12. The molecule has 0 N–H and O–H groups in total. The molecule has 0 bridgehead atoms. The van der Waals surface area contributed by atoms with Crippen LogP contribution in [0.4, 0.5) is 20.2 Å². The molecule has 2 heterocycles. The molecular formula is C18H20BrF2N5O2. The maximum atomic E-state index is 15.0. The number of hydrogen-bond donors (Lipinski definition) is 0. The number of nitro groups is 1. The Morgan fingerprint density at radius 2 is 2.00 bits per heavy atom. The minimum absolute atomic E-state index is 0.0896. The predicted octanol–water partition coefficient (Wildman–Crippen LogP) is 3.56. The number of piperazine rings is 1. The summed E-state index contributed by atoms with van der Waals surface area (Å²) in [6.07, 6.45) is 4.45. The first-order valence-electron chi connectivity index (χ1n) is 9.13. The Morgan fingerprint density at radius 1 is 1.29 bits per heavy atom. The number of non-ortho nitro benzene ring substituents is 1. The topological polar surface area (TPSA) is 67.4 Å². The fourth-order valence-corrected chi connectivity index (χ4v) is 4.33. The van der Waals surface area contributed by atoms with Gasteiger partial charge < -0.3 is 4.90 Å². The average molecular weight is 456 g/mol. The van der Waals surface area contributed by atoms with Crippen LogP contribution in [-0.4, -0.2) is 58.0 Å². The van der Waals surface area contributed by atoms with Crippen LogP contribution in [0.2, 0.25) is 0 Å². The summed E-state index contributed by atoms with van der Waals surface area (Å²) in [7, 11) is 0. The lowest BCUT2D eigenvalue weighted by Gasteiger charge is -2.46. The van der Waals surface area contributed by atoms with E-state index in [0.717, 1.165) is 10.5 Å². The second kappa shape index (κ2) is 7.40. The van der Waals surface area contributed by atoms with Crippen molar-refractivity contribution in [3.8, 4) is 0 Å². The van der Waals surface area contributed by atoms with E-state index in [4.69, 9.17) is 0 Å². The first-order chi connectivity index (χ1) is 13.3. The van der Waals surface area contributed by atoms with Gasteiger partial charge in [0.05, 0.1) is 33.4 Å². The zero-order valence-corrected chi connectivity index (χ0v) is 16.7. The van der Waals surface area contributed by atoms with Crippen molar-refractivity contribution >= 4 is 27.3 Å². The molecule has 1 aromatic carbocycles. The van der Waals surface area contributed by atoms with E-state index in [-0.39, 0.29) is 11.7 Å². The molecule has 2 aromatic rings. The minimum Gasteiger partial charge on any atom is -0.367 e. The molecule has 1 aliphatic carbocycles. The number of halogens is 3. The van der Waals surface area contributed by atoms with Gasteiger partial charge in [0, 0.05) is 57.8 Å². The third-order valence-electron chi connectivity index (χ3n) is 5.51. The molecule has 0 unspecified atom stereocenters. The summed E-state index contributed by atoms with van der Waals surface area (Å²) < 4.78 is 31.9. The summed E-state index contributed by atoms with van der Waals surface area (Å²) in [5.74, 6) is -0.600. The summed E-state index contributed by atoms with van der Waals surface area (Å²) in [6, 6.07) is 3.79. The van der Waals surface area contributed by atoms with Crippen LogP contribution >= 0.6 is 15.9 Å². The van der Waals surface area contributed by atoms with E-state index in [9.17, 15) is 14.5 Å². The van der Waals surface area contributed by atoms with Crippen molar-refractivity contribution < 1.29 is 13.7 Å². The molecule has 2 aliphatic rings. The minimum atomic E-state index is -1.22. The Kier molecular flexibility index (Phi) is 5.09. The maximum Gasteiger partial charge on any atom is 0.272 e. The SMILES string of the molecule is O=[N+]([O-])c1ccc(N2CCN(CC3(F)CC(n4cc(Br)cn4)C3)CC2)c(F)c1. The molecule has 0 atom stereocenters. The number of nitro benzene ring substituents is 1. The lowest BCUT2D eigenvalue weighted by atomic mass is 9.77. The van der Waals surface area contributed by atoms with Crippen LogP contribution in [-0.2, 0) is 0 Å². The van der Waals surface area contributed by atoms with Crippen molar-refractivity contribution in [2.45, 2.75) is 24.6 Å². The van der Waals surface area contributed by atoms with Gasteiger partial charge in [0.15, 0.2) is 5.82 Å². The molecule has 4 rings (SSSR count). The molecule has 2 fully saturated rings. The molecule has 7 nitrogen and oxygen atoms in total. The lowest BCUT2D eigenvalue weighted by molar-refractivity contribution is -0.385. The van der Waals surface area contributed by atoms with Gasteiger partial charge in [-0.25, -0.2) is 8.78 Å². The fourth-order valence-electron chi connectivity index (χ4n) is 4.03. The number of anilines is 1. The van der Waals surface area contributed by atoms with E-state index >= 15 is 4.39 Å². The highest BCUT2D eigenvalue weighted by molar-refractivity contribution is 9.10. The zero-order chi connectivity index (χ0) is 19.9. The smallest absolute Gasteiger partial charge is 0.272 e. The van der Waals surface area contributed by atoms with Gasteiger partial charge in [-0.05, 0) is 22.0 Å².